The Morgan fingerprint density at radius 2 is 1.73 bits per heavy atom. The van der Waals surface area contributed by atoms with Gasteiger partial charge in [0.05, 0.1) is 11.7 Å². The van der Waals surface area contributed by atoms with E-state index >= 15 is 0 Å². The van der Waals surface area contributed by atoms with Crippen LogP contribution >= 0.6 is 11.6 Å². The van der Waals surface area contributed by atoms with Gasteiger partial charge in [0.25, 0.3) is 5.91 Å². The van der Waals surface area contributed by atoms with Crippen molar-refractivity contribution in [2.75, 3.05) is 0 Å². The highest BCUT2D eigenvalue weighted by molar-refractivity contribution is 6.30. The monoisotopic (exact) mass is 419 g/mol. The maximum Gasteiger partial charge on any atom is 0.273 e. The van der Waals surface area contributed by atoms with Crippen LogP contribution in [0.3, 0.4) is 0 Å². The fraction of sp³-hybridized carbons (Fsp3) is 0.360. The molecule has 2 heterocycles. The Hall–Kier alpha value is -2.59. The summed E-state index contributed by atoms with van der Waals surface area (Å²) in [6, 6.07) is 16.6. The van der Waals surface area contributed by atoms with Crippen LogP contribution in [0, 0.1) is 0 Å². The second-order valence-electron chi connectivity index (χ2n) is 8.37. The van der Waals surface area contributed by atoms with E-state index in [0.29, 0.717) is 10.7 Å². The molecule has 2 aromatic carbocycles. The number of fused-ring (bicyclic) bond motifs is 1. The van der Waals surface area contributed by atoms with Crippen LogP contribution in [0.4, 0.5) is 0 Å². The van der Waals surface area contributed by atoms with Crippen LogP contribution < -0.4 is 0 Å². The first-order valence-electron chi connectivity index (χ1n) is 10.9. The SMILES string of the molecule is CCc1ccc(C2c3c(-c4ccc(Cl)cc4)n[nH]c3C(=O)N2C2CCCCC2)cc1. The zero-order valence-electron chi connectivity index (χ0n) is 17.2. The average molecular weight is 420 g/mol. The van der Waals surface area contributed by atoms with Crippen molar-refractivity contribution in [3.8, 4) is 11.3 Å². The van der Waals surface area contributed by atoms with Gasteiger partial charge in [0.15, 0.2) is 0 Å². The van der Waals surface area contributed by atoms with E-state index in [1.807, 2.05) is 24.3 Å². The van der Waals surface area contributed by atoms with E-state index in [0.717, 1.165) is 41.6 Å². The average Bonchev–Trinajstić information content (AvgIpc) is 3.34. The quantitative estimate of drug-likeness (QED) is 0.549. The van der Waals surface area contributed by atoms with Crippen LogP contribution in [-0.2, 0) is 6.42 Å². The Morgan fingerprint density at radius 3 is 2.40 bits per heavy atom. The summed E-state index contributed by atoms with van der Waals surface area (Å²) in [6.07, 6.45) is 6.78. The molecule has 30 heavy (non-hydrogen) atoms. The molecule has 1 aromatic heterocycles. The van der Waals surface area contributed by atoms with E-state index in [1.165, 1.54) is 24.8 Å². The Morgan fingerprint density at radius 1 is 1.03 bits per heavy atom. The number of nitrogens with one attached hydrogen (secondary N) is 1. The van der Waals surface area contributed by atoms with Gasteiger partial charge in [0, 0.05) is 22.2 Å². The summed E-state index contributed by atoms with van der Waals surface area (Å²) in [5.74, 6) is 0.0779. The van der Waals surface area contributed by atoms with E-state index < -0.39 is 0 Å². The first kappa shape index (κ1) is 19.4. The third kappa shape index (κ3) is 3.24. The van der Waals surface area contributed by atoms with Crippen LogP contribution in [0.5, 0.6) is 0 Å². The number of aryl methyl sites for hydroxylation is 1. The molecule has 1 saturated carbocycles. The number of carbonyl (C=O) groups excluding carboxylic acids is 1. The standard InChI is InChI=1S/C25H26ClN3O/c1-2-16-8-10-18(11-9-16)24-21-22(17-12-14-19(26)15-13-17)27-28-23(21)25(30)29(24)20-6-4-3-5-7-20/h8-15,20,24H,2-7H2,1H3,(H,27,28). The molecule has 1 fully saturated rings. The lowest BCUT2D eigenvalue weighted by Gasteiger charge is -2.36. The van der Waals surface area contributed by atoms with Crippen molar-refractivity contribution in [2.24, 2.45) is 0 Å². The summed E-state index contributed by atoms with van der Waals surface area (Å²) in [5.41, 5.74) is 5.91. The van der Waals surface area contributed by atoms with Crippen molar-refractivity contribution in [1.82, 2.24) is 15.1 Å². The van der Waals surface area contributed by atoms with Crippen LogP contribution in [0.15, 0.2) is 48.5 Å². The number of hydrogen-bond donors (Lipinski definition) is 1. The van der Waals surface area contributed by atoms with Crippen molar-refractivity contribution >= 4 is 17.5 Å². The van der Waals surface area contributed by atoms with Gasteiger partial charge < -0.3 is 4.90 Å². The van der Waals surface area contributed by atoms with E-state index in [-0.39, 0.29) is 18.0 Å². The summed E-state index contributed by atoms with van der Waals surface area (Å²) in [4.78, 5) is 15.7. The highest BCUT2D eigenvalue weighted by Gasteiger charge is 2.45. The number of aromatic nitrogens is 2. The molecule has 1 aliphatic heterocycles. The molecule has 1 atom stereocenters. The smallest absolute Gasteiger partial charge is 0.273 e. The van der Waals surface area contributed by atoms with Crippen molar-refractivity contribution in [1.29, 1.82) is 0 Å². The normalized spacial score (nSPS) is 19.3. The number of amides is 1. The molecule has 154 valence electrons. The largest absolute Gasteiger partial charge is 0.323 e. The molecule has 1 aliphatic carbocycles. The number of nitrogens with zero attached hydrogens (tertiary/aromatic N) is 2. The minimum absolute atomic E-state index is 0.0779. The Kier molecular flexibility index (Phi) is 5.11. The van der Waals surface area contributed by atoms with Crippen LogP contribution in [0.2, 0.25) is 5.02 Å². The van der Waals surface area contributed by atoms with E-state index in [1.54, 1.807) is 0 Å². The van der Waals surface area contributed by atoms with Gasteiger partial charge in [-0.1, -0.05) is 74.2 Å². The molecule has 0 saturated heterocycles. The summed E-state index contributed by atoms with van der Waals surface area (Å²) < 4.78 is 0. The zero-order valence-corrected chi connectivity index (χ0v) is 18.0. The lowest BCUT2D eigenvalue weighted by molar-refractivity contribution is 0.0606. The molecular weight excluding hydrogens is 394 g/mol. The minimum atomic E-state index is -0.106. The minimum Gasteiger partial charge on any atom is -0.323 e. The highest BCUT2D eigenvalue weighted by atomic mass is 35.5. The lowest BCUT2D eigenvalue weighted by Crippen LogP contribution is -2.40. The third-order valence-corrected chi connectivity index (χ3v) is 6.85. The Labute approximate surface area is 182 Å². The lowest BCUT2D eigenvalue weighted by atomic mass is 9.90. The number of rotatable bonds is 4. The number of hydrogen-bond acceptors (Lipinski definition) is 2. The number of carbonyl (C=O) groups is 1. The fourth-order valence-corrected chi connectivity index (χ4v) is 5.12. The predicted molar refractivity (Wildman–Crippen MR) is 120 cm³/mol. The summed E-state index contributed by atoms with van der Waals surface area (Å²) in [7, 11) is 0. The molecule has 2 aliphatic rings. The van der Waals surface area contributed by atoms with Crippen LogP contribution in [0.25, 0.3) is 11.3 Å². The van der Waals surface area contributed by atoms with Gasteiger partial charge in [-0.05, 0) is 42.5 Å². The molecule has 0 spiro atoms. The fourth-order valence-electron chi connectivity index (χ4n) is 4.99. The molecule has 1 amide bonds. The summed E-state index contributed by atoms with van der Waals surface area (Å²) in [5, 5.41) is 8.32. The molecule has 5 heteroatoms. The number of halogens is 1. The molecule has 4 nitrogen and oxygen atoms in total. The second kappa shape index (κ2) is 7.92. The molecule has 5 rings (SSSR count). The third-order valence-electron chi connectivity index (χ3n) is 6.59. The predicted octanol–water partition coefficient (Wildman–Crippen LogP) is 6.17. The maximum absolute atomic E-state index is 13.5. The molecule has 0 bridgehead atoms. The van der Waals surface area contributed by atoms with E-state index in [4.69, 9.17) is 11.6 Å². The van der Waals surface area contributed by atoms with Crippen LogP contribution in [-0.4, -0.2) is 27.0 Å². The number of benzene rings is 2. The summed E-state index contributed by atoms with van der Waals surface area (Å²) >= 11 is 6.10. The van der Waals surface area contributed by atoms with E-state index in [2.05, 4.69) is 46.3 Å². The first-order valence-corrected chi connectivity index (χ1v) is 11.3. The topological polar surface area (TPSA) is 49.0 Å². The summed E-state index contributed by atoms with van der Waals surface area (Å²) in [6.45, 7) is 2.16. The van der Waals surface area contributed by atoms with Crippen molar-refractivity contribution in [3.05, 3.63) is 75.9 Å². The van der Waals surface area contributed by atoms with Gasteiger partial charge in [-0.15, -0.1) is 0 Å². The van der Waals surface area contributed by atoms with Gasteiger partial charge >= 0.3 is 0 Å². The molecular formula is C25H26ClN3O. The van der Waals surface area contributed by atoms with Crippen molar-refractivity contribution in [2.45, 2.75) is 57.5 Å². The maximum atomic E-state index is 13.5. The number of H-pyrrole nitrogens is 1. The number of aromatic amines is 1. The first-order chi connectivity index (χ1) is 14.7. The van der Waals surface area contributed by atoms with Gasteiger partial charge in [-0.3, -0.25) is 9.89 Å². The molecule has 1 N–H and O–H groups in total. The van der Waals surface area contributed by atoms with Gasteiger partial charge in [0.2, 0.25) is 0 Å². The highest BCUT2D eigenvalue weighted by Crippen LogP contribution is 2.45. The van der Waals surface area contributed by atoms with Crippen molar-refractivity contribution in [3.63, 3.8) is 0 Å². The molecule has 1 unspecified atom stereocenters. The van der Waals surface area contributed by atoms with Crippen LogP contribution in [0.1, 0.15) is 72.2 Å². The second-order valence-corrected chi connectivity index (χ2v) is 8.81. The molecule has 0 radical (unpaired) electrons. The van der Waals surface area contributed by atoms with Gasteiger partial charge in [-0.25, -0.2) is 0 Å². The van der Waals surface area contributed by atoms with E-state index in [9.17, 15) is 4.79 Å². The van der Waals surface area contributed by atoms with Gasteiger partial charge in [-0.2, -0.15) is 5.10 Å². The molecule has 3 aromatic rings. The van der Waals surface area contributed by atoms with Crippen molar-refractivity contribution < 1.29 is 4.79 Å². The zero-order chi connectivity index (χ0) is 20.7. The Balaban J connectivity index is 1.64. The Bertz CT molecular complexity index is 1050. The van der Waals surface area contributed by atoms with Gasteiger partial charge in [0.1, 0.15) is 5.69 Å².